The molecule has 0 bridgehead atoms. The van der Waals surface area contributed by atoms with E-state index in [4.69, 9.17) is 0 Å². The molecule has 2 aliphatic heterocycles. The fourth-order valence-electron chi connectivity index (χ4n) is 3.17. The first kappa shape index (κ1) is 14.8. The Hall–Kier alpha value is -0.610. The molecule has 0 saturated carbocycles. The van der Waals surface area contributed by atoms with Crippen molar-refractivity contribution in [3.8, 4) is 0 Å². The number of rotatable bonds is 4. The fraction of sp³-hybridized carbons (Fsp3) is 0.933. The van der Waals surface area contributed by atoms with Crippen molar-refractivity contribution in [3.63, 3.8) is 0 Å². The first-order valence-electron chi connectivity index (χ1n) is 8.05. The first-order valence-corrected chi connectivity index (χ1v) is 8.05. The lowest BCUT2D eigenvalue weighted by molar-refractivity contribution is -0.124. The van der Waals surface area contributed by atoms with Crippen molar-refractivity contribution in [1.82, 2.24) is 15.5 Å². The van der Waals surface area contributed by atoms with Gasteiger partial charge in [0, 0.05) is 19.1 Å². The highest BCUT2D eigenvalue weighted by molar-refractivity contribution is 5.82. The number of hydrogen-bond donors (Lipinski definition) is 2. The number of carbonyl (C=O) groups is 1. The molecule has 0 aromatic carbocycles. The van der Waals surface area contributed by atoms with E-state index in [0.29, 0.717) is 6.04 Å². The van der Waals surface area contributed by atoms with Gasteiger partial charge in [0.2, 0.25) is 5.91 Å². The highest BCUT2D eigenvalue weighted by Crippen LogP contribution is 2.13. The van der Waals surface area contributed by atoms with Gasteiger partial charge in [-0.15, -0.1) is 0 Å². The van der Waals surface area contributed by atoms with Gasteiger partial charge in [-0.3, -0.25) is 4.79 Å². The van der Waals surface area contributed by atoms with Crippen LogP contribution in [0.2, 0.25) is 0 Å². The van der Waals surface area contributed by atoms with E-state index < -0.39 is 0 Å². The van der Waals surface area contributed by atoms with Crippen LogP contribution in [-0.4, -0.2) is 49.1 Å². The summed E-state index contributed by atoms with van der Waals surface area (Å²) in [7, 11) is 0. The average molecular weight is 267 g/mol. The number of amides is 1. The molecule has 19 heavy (non-hydrogen) atoms. The van der Waals surface area contributed by atoms with E-state index in [2.05, 4.69) is 22.5 Å². The highest BCUT2D eigenvalue weighted by Gasteiger charge is 2.24. The van der Waals surface area contributed by atoms with E-state index in [1.165, 1.54) is 32.2 Å². The minimum atomic E-state index is 0.0520. The lowest BCUT2D eigenvalue weighted by Gasteiger charge is -2.32. The quantitative estimate of drug-likeness (QED) is 0.811. The molecule has 1 amide bonds. The van der Waals surface area contributed by atoms with Gasteiger partial charge in [-0.2, -0.15) is 0 Å². The van der Waals surface area contributed by atoms with E-state index in [0.717, 1.165) is 38.9 Å². The maximum atomic E-state index is 12.2. The van der Waals surface area contributed by atoms with Crippen molar-refractivity contribution in [2.24, 2.45) is 0 Å². The van der Waals surface area contributed by atoms with E-state index in [9.17, 15) is 4.79 Å². The number of hydrogen-bond acceptors (Lipinski definition) is 3. The summed E-state index contributed by atoms with van der Waals surface area (Å²) in [5.74, 6) is 0.232. The van der Waals surface area contributed by atoms with Crippen LogP contribution in [0.15, 0.2) is 0 Å². The summed E-state index contributed by atoms with van der Waals surface area (Å²) in [6.45, 7) is 6.69. The smallest absolute Gasteiger partial charge is 0.237 e. The second-order valence-electron chi connectivity index (χ2n) is 5.98. The minimum absolute atomic E-state index is 0.0520. The van der Waals surface area contributed by atoms with Crippen LogP contribution in [0, 0.1) is 0 Å². The molecular weight excluding hydrogens is 238 g/mol. The molecule has 1 unspecified atom stereocenters. The summed E-state index contributed by atoms with van der Waals surface area (Å²) in [4.78, 5) is 14.7. The van der Waals surface area contributed by atoms with Gasteiger partial charge >= 0.3 is 0 Å². The predicted octanol–water partition coefficient (Wildman–Crippen LogP) is 1.51. The van der Waals surface area contributed by atoms with Gasteiger partial charge in [-0.25, -0.2) is 0 Å². The SMILES string of the molecule is CCCN1CCC(NC(=O)C2CCCCCN2)CC1. The van der Waals surface area contributed by atoms with Crippen molar-refractivity contribution in [3.05, 3.63) is 0 Å². The molecule has 4 heteroatoms. The Morgan fingerprint density at radius 2 is 2.00 bits per heavy atom. The third kappa shape index (κ3) is 4.77. The lowest BCUT2D eigenvalue weighted by atomic mass is 10.0. The number of nitrogens with zero attached hydrogens (tertiary/aromatic N) is 1. The van der Waals surface area contributed by atoms with Crippen LogP contribution in [-0.2, 0) is 4.79 Å². The summed E-state index contributed by atoms with van der Waals surface area (Å²) in [6, 6.07) is 0.446. The molecule has 0 aliphatic carbocycles. The number of likely N-dealkylation sites (tertiary alicyclic amines) is 1. The first-order chi connectivity index (χ1) is 9.29. The van der Waals surface area contributed by atoms with E-state index in [-0.39, 0.29) is 11.9 Å². The van der Waals surface area contributed by atoms with Gasteiger partial charge in [0.25, 0.3) is 0 Å². The second kappa shape index (κ2) is 7.85. The molecule has 1 atom stereocenters. The maximum Gasteiger partial charge on any atom is 0.237 e. The van der Waals surface area contributed by atoms with Gasteiger partial charge in [0.15, 0.2) is 0 Å². The zero-order valence-electron chi connectivity index (χ0n) is 12.3. The number of nitrogens with one attached hydrogen (secondary N) is 2. The summed E-state index contributed by atoms with van der Waals surface area (Å²) in [5, 5.41) is 6.63. The molecule has 110 valence electrons. The molecule has 0 radical (unpaired) electrons. The molecule has 2 saturated heterocycles. The van der Waals surface area contributed by atoms with Gasteiger partial charge < -0.3 is 15.5 Å². The zero-order valence-corrected chi connectivity index (χ0v) is 12.3. The molecule has 0 spiro atoms. The Labute approximate surface area is 117 Å². The normalized spacial score (nSPS) is 26.9. The minimum Gasteiger partial charge on any atom is -0.352 e. The largest absolute Gasteiger partial charge is 0.352 e. The van der Waals surface area contributed by atoms with Gasteiger partial charge in [-0.1, -0.05) is 19.8 Å². The maximum absolute atomic E-state index is 12.2. The van der Waals surface area contributed by atoms with Crippen molar-refractivity contribution in [2.75, 3.05) is 26.2 Å². The van der Waals surface area contributed by atoms with Crippen LogP contribution in [0.3, 0.4) is 0 Å². The van der Waals surface area contributed by atoms with Crippen molar-refractivity contribution >= 4 is 5.91 Å². The third-order valence-electron chi connectivity index (χ3n) is 4.35. The van der Waals surface area contributed by atoms with Crippen LogP contribution in [0.4, 0.5) is 0 Å². The summed E-state index contributed by atoms with van der Waals surface area (Å²) >= 11 is 0. The van der Waals surface area contributed by atoms with Crippen LogP contribution in [0.25, 0.3) is 0 Å². The van der Waals surface area contributed by atoms with Crippen LogP contribution in [0.1, 0.15) is 51.9 Å². The lowest BCUT2D eigenvalue weighted by Crippen LogP contribution is -2.50. The monoisotopic (exact) mass is 267 g/mol. The van der Waals surface area contributed by atoms with Crippen molar-refractivity contribution in [1.29, 1.82) is 0 Å². The summed E-state index contributed by atoms with van der Waals surface area (Å²) in [6.07, 6.45) is 8.09. The van der Waals surface area contributed by atoms with Gasteiger partial charge in [-0.05, 0) is 45.2 Å². The third-order valence-corrected chi connectivity index (χ3v) is 4.35. The van der Waals surface area contributed by atoms with Gasteiger partial charge in [0.05, 0.1) is 6.04 Å². The second-order valence-corrected chi connectivity index (χ2v) is 5.98. The molecule has 2 fully saturated rings. The Kier molecular flexibility index (Phi) is 6.11. The topological polar surface area (TPSA) is 44.4 Å². The van der Waals surface area contributed by atoms with Crippen LogP contribution < -0.4 is 10.6 Å². The molecule has 0 aromatic rings. The number of carbonyl (C=O) groups excluding carboxylic acids is 1. The molecule has 0 aromatic heterocycles. The Balaban J connectivity index is 1.70. The zero-order chi connectivity index (χ0) is 13.5. The molecular formula is C15H29N3O. The van der Waals surface area contributed by atoms with E-state index >= 15 is 0 Å². The van der Waals surface area contributed by atoms with Crippen molar-refractivity contribution in [2.45, 2.75) is 64.0 Å². The van der Waals surface area contributed by atoms with Crippen molar-refractivity contribution < 1.29 is 4.79 Å². The summed E-state index contributed by atoms with van der Waals surface area (Å²) in [5.41, 5.74) is 0. The molecule has 2 N–H and O–H groups in total. The van der Waals surface area contributed by atoms with E-state index in [1.54, 1.807) is 0 Å². The molecule has 4 nitrogen and oxygen atoms in total. The Morgan fingerprint density at radius 1 is 1.21 bits per heavy atom. The predicted molar refractivity (Wildman–Crippen MR) is 78.2 cm³/mol. The van der Waals surface area contributed by atoms with Gasteiger partial charge in [0.1, 0.15) is 0 Å². The summed E-state index contributed by atoms with van der Waals surface area (Å²) < 4.78 is 0. The van der Waals surface area contributed by atoms with Crippen LogP contribution in [0.5, 0.6) is 0 Å². The van der Waals surface area contributed by atoms with Crippen LogP contribution >= 0.6 is 0 Å². The molecule has 2 aliphatic rings. The Bertz CT molecular complexity index is 267. The average Bonchev–Trinajstić information content (AvgIpc) is 2.70. The standard InChI is InChI=1S/C15H29N3O/c1-2-10-18-11-7-13(8-12-18)17-15(19)14-6-4-3-5-9-16-14/h13-14,16H,2-12H2,1H3,(H,17,19). The number of piperidine rings is 1. The highest BCUT2D eigenvalue weighted by atomic mass is 16.2. The molecule has 2 heterocycles. The van der Waals surface area contributed by atoms with E-state index in [1.807, 2.05) is 0 Å². The molecule has 2 rings (SSSR count). The fourth-order valence-corrected chi connectivity index (χ4v) is 3.17. The Morgan fingerprint density at radius 3 is 2.74 bits per heavy atom.